The molecule has 0 aromatic rings. The van der Waals surface area contributed by atoms with Crippen LogP contribution in [-0.2, 0) is 4.74 Å². The fourth-order valence-electron chi connectivity index (χ4n) is 3.85. The van der Waals surface area contributed by atoms with Gasteiger partial charge in [0.2, 0.25) is 0 Å². The Hall–Kier alpha value is -0.120. The van der Waals surface area contributed by atoms with E-state index >= 15 is 0 Å². The Labute approximate surface area is 111 Å². The molecule has 2 saturated heterocycles. The lowest BCUT2D eigenvalue weighted by Crippen LogP contribution is -2.60. The first-order valence-electron chi connectivity index (χ1n) is 7.67. The summed E-state index contributed by atoms with van der Waals surface area (Å²) in [5.41, 5.74) is 0.463. The van der Waals surface area contributed by atoms with Crippen molar-refractivity contribution in [2.75, 3.05) is 26.7 Å². The van der Waals surface area contributed by atoms with E-state index in [1.54, 1.807) is 0 Å². The van der Waals surface area contributed by atoms with Gasteiger partial charge in [0.1, 0.15) is 5.72 Å². The van der Waals surface area contributed by atoms with E-state index in [-0.39, 0.29) is 5.72 Å². The molecule has 104 valence electrons. The molecule has 0 radical (unpaired) electrons. The van der Waals surface area contributed by atoms with Crippen LogP contribution in [0.25, 0.3) is 0 Å². The molecule has 2 aliphatic heterocycles. The molecule has 2 spiro atoms. The Kier molecular flexibility index (Phi) is 3.20. The molecular formula is C15H28N2O. The average molecular weight is 252 g/mol. The molecule has 18 heavy (non-hydrogen) atoms. The summed E-state index contributed by atoms with van der Waals surface area (Å²) in [6, 6.07) is 0. The van der Waals surface area contributed by atoms with Crippen LogP contribution in [0.4, 0.5) is 0 Å². The van der Waals surface area contributed by atoms with Crippen LogP contribution in [0.1, 0.15) is 46.0 Å². The van der Waals surface area contributed by atoms with Crippen LogP contribution in [0.3, 0.4) is 0 Å². The first-order valence-corrected chi connectivity index (χ1v) is 7.67. The van der Waals surface area contributed by atoms with Gasteiger partial charge >= 0.3 is 0 Å². The minimum Gasteiger partial charge on any atom is -0.356 e. The smallest absolute Gasteiger partial charge is 0.120 e. The molecule has 0 aromatic heterocycles. The van der Waals surface area contributed by atoms with Crippen molar-refractivity contribution in [1.82, 2.24) is 10.2 Å². The quantitative estimate of drug-likeness (QED) is 0.774. The maximum atomic E-state index is 6.64. The average Bonchev–Trinajstić information content (AvgIpc) is 3.11. The zero-order chi connectivity index (χ0) is 12.8. The molecular weight excluding hydrogens is 224 g/mol. The molecule has 3 fully saturated rings. The summed E-state index contributed by atoms with van der Waals surface area (Å²) in [6.07, 6.45) is 6.76. The highest BCUT2D eigenvalue weighted by Crippen LogP contribution is 2.55. The van der Waals surface area contributed by atoms with Gasteiger partial charge in [-0.1, -0.05) is 13.8 Å². The van der Waals surface area contributed by atoms with Crippen molar-refractivity contribution in [1.29, 1.82) is 0 Å². The second kappa shape index (κ2) is 4.46. The zero-order valence-electron chi connectivity index (χ0n) is 12.2. The van der Waals surface area contributed by atoms with E-state index in [9.17, 15) is 0 Å². The lowest BCUT2D eigenvalue weighted by Gasteiger charge is -2.48. The topological polar surface area (TPSA) is 24.5 Å². The molecule has 3 rings (SSSR count). The molecule has 1 N–H and O–H groups in total. The van der Waals surface area contributed by atoms with Crippen LogP contribution in [0, 0.1) is 11.3 Å². The SMILES string of the molecule is CC(C)C1OC2(CCCN(C)CC2)NCC12CC2. The summed E-state index contributed by atoms with van der Waals surface area (Å²) < 4.78 is 6.64. The van der Waals surface area contributed by atoms with Gasteiger partial charge in [-0.25, -0.2) is 0 Å². The van der Waals surface area contributed by atoms with Gasteiger partial charge in [-0.05, 0) is 45.2 Å². The van der Waals surface area contributed by atoms with Crippen LogP contribution in [0.15, 0.2) is 0 Å². The molecule has 0 amide bonds. The van der Waals surface area contributed by atoms with Crippen LogP contribution in [-0.4, -0.2) is 43.4 Å². The fourth-order valence-corrected chi connectivity index (χ4v) is 3.85. The Bertz CT molecular complexity index is 314. The van der Waals surface area contributed by atoms with E-state index in [1.807, 2.05) is 0 Å². The molecule has 1 saturated carbocycles. The van der Waals surface area contributed by atoms with Crippen LogP contribution in [0.2, 0.25) is 0 Å². The van der Waals surface area contributed by atoms with Crippen molar-refractivity contribution in [3.8, 4) is 0 Å². The molecule has 1 aliphatic carbocycles. The Morgan fingerprint density at radius 3 is 2.61 bits per heavy atom. The fraction of sp³-hybridized carbons (Fsp3) is 1.00. The second-order valence-electron chi connectivity index (χ2n) is 7.15. The molecule has 0 aromatic carbocycles. The molecule has 3 heteroatoms. The first-order chi connectivity index (χ1) is 8.55. The summed E-state index contributed by atoms with van der Waals surface area (Å²) in [5.74, 6) is 0.646. The Morgan fingerprint density at radius 1 is 1.17 bits per heavy atom. The predicted molar refractivity (Wildman–Crippen MR) is 73.5 cm³/mol. The van der Waals surface area contributed by atoms with Crippen molar-refractivity contribution in [2.45, 2.75) is 57.8 Å². The van der Waals surface area contributed by atoms with Gasteiger partial charge in [0.15, 0.2) is 0 Å². The molecule has 2 unspecified atom stereocenters. The number of hydrogen-bond donors (Lipinski definition) is 1. The van der Waals surface area contributed by atoms with E-state index in [0.717, 1.165) is 13.0 Å². The van der Waals surface area contributed by atoms with Crippen LogP contribution in [0.5, 0.6) is 0 Å². The van der Waals surface area contributed by atoms with Crippen molar-refractivity contribution in [3.63, 3.8) is 0 Å². The number of nitrogens with zero attached hydrogens (tertiary/aromatic N) is 1. The number of rotatable bonds is 1. The molecule has 2 heterocycles. The lowest BCUT2D eigenvalue weighted by atomic mass is 9.86. The van der Waals surface area contributed by atoms with Crippen molar-refractivity contribution < 1.29 is 4.74 Å². The van der Waals surface area contributed by atoms with Crippen molar-refractivity contribution >= 4 is 0 Å². The van der Waals surface area contributed by atoms with Gasteiger partial charge in [-0.3, -0.25) is 5.32 Å². The highest BCUT2D eigenvalue weighted by molar-refractivity contribution is 5.07. The van der Waals surface area contributed by atoms with E-state index in [0.29, 0.717) is 17.4 Å². The minimum atomic E-state index is -0.0203. The third kappa shape index (κ3) is 2.21. The molecule has 2 atom stereocenters. The summed E-state index contributed by atoms with van der Waals surface area (Å²) in [4.78, 5) is 2.44. The standard InChI is InChI=1S/C15H28N2O/c1-12(2)13-14(6-7-14)11-16-15(18-13)5-4-9-17(3)10-8-15/h12-13,16H,4-11H2,1-3H3. The highest BCUT2D eigenvalue weighted by atomic mass is 16.5. The van der Waals surface area contributed by atoms with Crippen LogP contribution < -0.4 is 5.32 Å². The monoisotopic (exact) mass is 252 g/mol. The third-order valence-electron chi connectivity index (χ3n) is 5.23. The number of ether oxygens (including phenoxy) is 1. The van der Waals surface area contributed by atoms with Crippen molar-refractivity contribution in [3.05, 3.63) is 0 Å². The van der Waals surface area contributed by atoms with Gasteiger partial charge in [0.05, 0.1) is 6.10 Å². The normalized spacial score (nSPS) is 40.3. The number of nitrogens with one attached hydrogen (secondary N) is 1. The van der Waals surface area contributed by atoms with E-state index in [2.05, 4.69) is 31.1 Å². The maximum Gasteiger partial charge on any atom is 0.120 e. The molecule has 3 aliphatic rings. The minimum absolute atomic E-state index is 0.0203. The highest BCUT2D eigenvalue weighted by Gasteiger charge is 2.57. The van der Waals surface area contributed by atoms with Gasteiger partial charge in [0, 0.05) is 24.9 Å². The van der Waals surface area contributed by atoms with Gasteiger partial charge < -0.3 is 9.64 Å². The summed E-state index contributed by atoms with van der Waals surface area (Å²) in [6.45, 7) is 8.20. The molecule has 3 nitrogen and oxygen atoms in total. The maximum absolute atomic E-state index is 6.64. The van der Waals surface area contributed by atoms with Gasteiger partial charge in [-0.2, -0.15) is 0 Å². The summed E-state index contributed by atoms with van der Waals surface area (Å²) in [7, 11) is 2.23. The zero-order valence-corrected chi connectivity index (χ0v) is 12.2. The predicted octanol–water partition coefficient (Wildman–Crippen LogP) is 2.22. The third-order valence-corrected chi connectivity index (χ3v) is 5.23. The van der Waals surface area contributed by atoms with Gasteiger partial charge in [-0.15, -0.1) is 0 Å². The van der Waals surface area contributed by atoms with Crippen molar-refractivity contribution in [2.24, 2.45) is 11.3 Å². The largest absolute Gasteiger partial charge is 0.356 e. The second-order valence-corrected chi connectivity index (χ2v) is 7.15. The van der Waals surface area contributed by atoms with Crippen LogP contribution >= 0.6 is 0 Å². The Balaban J connectivity index is 1.74. The summed E-state index contributed by atoms with van der Waals surface area (Å²) in [5, 5.41) is 3.78. The van der Waals surface area contributed by atoms with Gasteiger partial charge in [0.25, 0.3) is 0 Å². The van der Waals surface area contributed by atoms with E-state index in [4.69, 9.17) is 4.74 Å². The van der Waals surface area contributed by atoms with E-state index in [1.165, 1.54) is 38.8 Å². The number of hydrogen-bond acceptors (Lipinski definition) is 3. The summed E-state index contributed by atoms with van der Waals surface area (Å²) >= 11 is 0. The molecule has 0 bridgehead atoms. The number of likely N-dealkylation sites (tertiary alicyclic amines) is 1. The van der Waals surface area contributed by atoms with E-state index < -0.39 is 0 Å². The first kappa shape index (κ1) is 12.9. The Morgan fingerprint density at radius 2 is 1.94 bits per heavy atom. The lowest BCUT2D eigenvalue weighted by molar-refractivity contribution is -0.192.